The van der Waals surface area contributed by atoms with E-state index in [0.29, 0.717) is 0 Å². The molecule has 1 heterocycles. The monoisotopic (exact) mass is 191 g/mol. The summed E-state index contributed by atoms with van der Waals surface area (Å²) < 4.78 is 18.2. The van der Waals surface area contributed by atoms with E-state index in [4.69, 9.17) is 4.52 Å². The quantitative estimate of drug-likeness (QED) is 0.582. The van der Waals surface area contributed by atoms with Crippen molar-refractivity contribution in [2.75, 3.05) is 20.3 Å². The molecule has 1 atom stereocenters. The summed E-state index contributed by atoms with van der Waals surface area (Å²) in [5.74, 6) is -0.0183. The van der Waals surface area contributed by atoms with Crippen LogP contribution in [-0.2, 0) is 13.9 Å². The van der Waals surface area contributed by atoms with Crippen LogP contribution in [0.25, 0.3) is 0 Å². The van der Waals surface area contributed by atoms with Crippen molar-refractivity contribution in [3.63, 3.8) is 0 Å². The molecular weight excluding hydrogens is 177 g/mol. The van der Waals surface area contributed by atoms with E-state index in [2.05, 4.69) is 0 Å². The minimum atomic E-state index is -2.84. The first kappa shape index (κ1) is 9.90. The molecule has 0 saturated carbocycles. The topological polar surface area (TPSA) is 46.6 Å². The van der Waals surface area contributed by atoms with Gasteiger partial charge < -0.3 is 4.52 Å². The van der Waals surface area contributed by atoms with Gasteiger partial charge in [0.05, 0.1) is 11.7 Å². The number of rotatable bonds is 1. The van der Waals surface area contributed by atoms with Gasteiger partial charge in [0.25, 0.3) is 7.52 Å². The van der Waals surface area contributed by atoms with Gasteiger partial charge in [-0.3, -0.25) is 9.36 Å². The first-order chi connectivity index (χ1) is 5.34. The molecule has 5 heteroatoms. The van der Waals surface area contributed by atoms with Crippen LogP contribution in [0.3, 0.4) is 0 Å². The zero-order valence-corrected chi connectivity index (χ0v) is 8.72. The molecule has 1 aliphatic heterocycles. The predicted molar refractivity (Wildman–Crippen MR) is 46.3 cm³/mol. The lowest BCUT2D eigenvalue weighted by molar-refractivity contribution is -0.122. The van der Waals surface area contributed by atoms with Crippen LogP contribution in [0, 0.1) is 0 Å². The molecular formula is C7H14NO3P. The van der Waals surface area contributed by atoms with E-state index >= 15 is 0 Å². The highest BCUT2D eigenvalue weighted by atomic mass is 31.2. The molecule has 0 aromatic rings. The Balaban J connectivity index is 3.06. The SMILES string of the molecule is COP1(=O)CC(=O)C(C)(C)N1C. The minimum Gasteiger partial charge on any atom is -0.320 e. The van der Waals surface area contributed by atoms with Gasteiger partial charge in [-0.25, -0.2) is 4.67 Å². The Morgan fingerprint density at radius 3 is 2.25 bits per heavy atom. The first-order valence-corrected chi connectivity index (χ1v) is 5.53. The van der Waals surface area contributed by atoms with Crippen molar-refractivity contribution in [2.45, 2.75) is 19.4 Å². The Kier molecular flexibility index (Phi) is 2.19. The second-order valence-corrected chi connectivity index (χ2v) is 6.04. The number of hydrogen-bond donors (Lipinski definition) is 0. The van der Waals surface area contributed by atoms with Crippen molar-refractivity contribution in [1.82, 2.24) is 4.67 Å². The highest BCUT2D eigenvalue weighted by Crippen LogP contribution is 2.58. The smallest absolute Gasteiger partial charge is 0.280 e. The largest absolute Gasteiger partial charge is 0.320 e. The van der Waals surface area contributed by atoms with Gasteiger partial charge in [0.15, 0.2) is 5.78 Å². The molecule has 0 N–H and O–H groups in total. The van der Waals surface area contributed by atoms with Crippen LogP contribution in [0.5, 0.6) is 0 Å². The second-order valence-electron chi connectivity index (χ2n) is 3.48. The number of nitrogens with zero attached hydrogens (tertiary/aromatic N) is 1. The number of carbonyl (C=O) groups excluding carboxylic acids is 1. The Morgan fingerprint density at radius 1 is 1.58 bits per heavy atom. The van der Waals surface area contributed by atoms with Crippen molar-refractivity contribution in [1.29, 1.82) is 0 Å². The average molecular weight is 191 g/mol. The molecule has 1 unspecified atom stereocenters. The predicted octanol–water partition coefficient (Wildman–Crippen LogP) is 1.12. The first-order valence-electron chi connectivity index (χ1n) is 3.77. The van der Waals surface area contributed by atoms with Gasteiger partial charge >= 0.3 is 0 Å². The number of carbonyl (C=O) groups is 1. The Morgan fingerprint density at radius 2 is 2.08 bits per heavy atom. The van der Waals surface area contributed by atoms with Crippen molar-refractivity contribution in [3.8, 4) is 0 Å². The van der Waals surface area contributed by atoms with Gasteiger partial charge in [0.2, 0.25) is 0 Å². The summed E-state index contributed by atoms with van der Waals surface area (Å²) in [6.45, 7) is 3.52. The van der Waals surface area contributed by atoms with Gasteiger partial charge in [-0.1, -0.05) is 0 Å². The van der Waals surface area contributed by atoms with Gasteiger partial charge in [-0.05, 0) is 20.9 Å². The molecule has 0 bridgehead atoms. The Hall–Kier alpha value is -0.180. The molecule has 0 aliphatic carbocycles. The maximum absolute atomic E-state index is 11.8. The van der Waals surface area contributed by atoms with Gasteiger partial charge in [0, 0.05) is 7.11 Å². The lowest BCUT2D eigenvalue weighted by Gasteiger charge is -2.28. The number of Topliss-reactive ketones (excluding diaryl/α,β-unsaturated/α-hetero) is 1. The van der Waals surface area contributed by atoms with E-state index in [1.807, 2.05) is 0 Å². The van der Waals surface area contributed by atoms with Crippen molar-refractivity contribution in [3.05, 3.63) is 0 Å². The van der Waals surface area contributed by atoms with Crippen LogP contribution < -0.4 is 0 Å². The van der Waals surface area contributed by atoms with Crippen molar-refractivity contribution < 1.29 is 13.9 Å². The lowest BCUT2D eigenvalue weighted by Crippen LogP contribution is -2.39. The third-order valence-corrected chi connectivity index (χ3v) is 5.25. The molecule has 0 amide bonds. The molecule has 70 valence electrons. The zero-order valence-electron chi connectivity index (χ0n) is 7.83. The number of likely N-dealkylation sites (N-methyl/N-ethyl adjacent to an activating group) is 1. The van der Waals surface area contributed by atoms with E-state index in [0.717, 1.165) is 0 Å². The molecule has 0 radical (unpaired) electrons. The molecule has 4 nitrogen and oxygen atoms in total. The fraction of sp³-hybridized carbons (Fsp3) is 0.857. The van der Waals surface area contributed by atoms with Crippen LogP contribution in [0.1, 0.15) is 13.8 Å². The van der Waals surface area contributed by atoms with E-state index in [1.54, 1.807) is 25.6 Å². The van der Waals surface area contributed by atoms with E-state index in [1.165, 1.54) is 7.11 Å². The zero-order chi connectivity index (χ0) is 9.57. The van der Waals surface area contributed by atoms with Gasteiger partial charge in [-0.2, -0.15) is 0 Å². The summed E-state index contributed by atoms with van der Waals surface area (Å²) in [6, 6.07) is 0. The summed E-state index contributed by atoms with van der Waals surface area (Å²) in [4.78, 5) is 11.4. The maximum atomic E-state index is 11.8. The van der Waals surface area contributed by atoms with Gasteiger partial charge in [-0.15, -0.1) is 0 Å². The third-order valence-electron chi connectivity index (χ3n) is 2.58. The molecule has 1 aliphatic rings. The summed E-state index contributed by atoms with van der Waals surface area (Å²) in [6.07, 6.45) is 0.0347. The molecule has 1 saturated heterocycles. The van der Waals surface area contributed by atoms with Crippen LogP contribution in [0.15, 0.2) is 0 Å². The molecule has 0 aromatic heterocycles. The van der Waals surface area contributed by atoms with Crippen molar-refractivity contribution >= 4 is 13.3 Å². The number of ketones is 1. The second kappa shape index (κ2) is 2.66. The number of hydrogen-bond acceptors (Lipinski definition) is 3. The van der Waals surface area contributed by atoms with Crippen molar-refractivity contribution in [2.24, 2.45) is 0 Å². The normalized spacial score (nSPS) is 35.8. The fourth-order valence-electron chi connectivity index (χ4n) is 1.23. The van der Waals surface area contributed by atoms with E-state index in [9.17, 15) is 9.36 Å². The highest BCUT2D eigenvalue weighted by Gasteiger charge is 2.51. The molecule has 12 heavy (non-hydrogen) atoms. The third kappa shape index (κ3) is 1.15. The van der Waals surface area contributed by atoms with E-state index in [-0.39, 0.29) is 11.9 Å². The fourth-order valence-corrected chi connectivity index (χ4v) is 3.44. The standard InChI is InChI=1S/C7H14NO3P/c1-7(2)6(9)5-12(10,11-4)8(7)3/h5H2,1-4H3. The van der Waals surface area contributed by atoms with Crippen LogP contribution in [-0.4, -0.2) is 36.3 Å². The Labute approximate surface area is 72.4 Å². The van der Waals surface area contributed by atoms with Crippen LogP contribution in [0.4, 0.5) is 0 Å². The average Bonchev–Trinajstić information content (AvgIpc) is 2.14. The van der Waals surface area contributed by atoms with Crippen LogP contribution in [0.2, 0.25) is 0 Å². The summed E-state index contributed by atoms with van der Waals surface area (Å²) >= 11 is 0. The highest BCUT2D eigenvalue weighted by molar-refractivity contribution is 7.58. The van der Waals surface area contributed by atoms with E-state index < -0.39 is 13.1 Å². The minimum absolute atomic E-state index is 0.0183. The van der Waals surface area contributed by atoms with Gasteiger partial charge in [0.1, 0.15) is 0 Å². The lowest BCUT2D eigenvalue weighted by atomic mass is 10.0. The summed E-state index contributed by atoms with van der Waals surface area (Å²) in [7, 11) is 0.207. The molecule has 0 aromatic carbocycles. The maximum Gasteiger partial charge on any atom is 0.280 e. The molecule has 1 fully saturated rings. The summed E-state index contributed by atoms with van der Waals surface area (Å²) in [5.41, 5.74) is -0.647. The summed E-state index contributed by atoms with van der Waals surface area (Å²) in [5, 5.41) is 0. The Bertz CT molecular complexity index is 261. The van der Waals surface area contributed by atoms with Crippen LogP contribution >= 0.6 is 7.52 Å². The molecule has 1 rings (SSSR count). The molecule has 0 spiro atoms.